The predicted octanol–water partition coefficient (Wildman–Crippen LogP) is 2.55. The van der Waals surface area contributed by atoms with Gasteiger partial charge in [0.25, 0.3) is 0 Å². The average molecular weight is 274 g/mol. The molecule has 1 saturated heterocycles. The van der Waals surface area contributed by atoms with Gasteiger partial charge in [-0.25, -0.2) is 0 Å². The Kier molecular flexibility index (Phi) is 4.39. The topological polar surface area (TPSA) is 24.5 Å². The molecule has 1 aliphatic carbocycles. The smallest absolute Gasteiger partial charge is 0.0896 e. The van der Waals surface area contributed by atoms with Gasteiger partial charge in [0.05, 0.1) is 18.8 Å². The maximum Gasteiger partial charge on any atom is 0.0896 e. The van der Waals surface area contributed by atoms with Crippen LogP contribution in [0.2, 0.25) is 0 Å². The molecule has 2 aliphatic rings. The van der Waals surface area contributed by atoms with Crippen molar-refractivity contribution in [3.63, 3.8) is 0 Å². The summed E-state index contributed by atoms with van der Waals surface area (Å²) in [7, 11) is 2.00. The molecule has 110 valence electrons. The highest BCUT2D eigenvalue weighted by Crippen LogP contribution is 2.40. The summed E-state index contributed by atoms with van der Waals surface area (Å²) < 4.78 is 6.00. The Labute approximate surface area is 122 Å². The minimum atomic E-state index is 0.250. The normalized spacial score (nSPS) is 27.7. The van der Waals surface area contributed by atoms with Gasteiger partial charge in [-0.1, -0.05) is 31.2 Å². The molecule has 0 radical (unpaired) electrons. The molecular formula is C17H26N2O. The van der Waals surface area contributed by atoms with Crippen LogP contribution in [-0.2, 0) is 4.74 Å². The van der Waals surface area contributed by atoms with E-state index in [1.807, 2.05) is 7.05 Å². The van der Waals surface area contributed by atoms with Gasteiger partial charge in [0.1, 0.15) is 0 Å². The first-order chi connectivity index (χ1) is 9.83. The van der Waals surface area contributed by atoms with Crippen LogP contribution in [0.1, 0.15) is 42.9 Å². The maximum atomic E-state index is 6.00. The first-order valence-corrected chi connectivity index (χ1v) is 7.93. The van der Waals surface area contributed by atoms with E-state index in [1.54, 1.807) is 0 Å². The highest BCUT2D eigenvalue weighted by Gasteiger charge is 2.32. The van der Waals surface area contributed by atoms with Gasteiger partial charge in [0, 0.05) is 13.1 Å². The first-order valence-electron chi connectivity index (χ1n) is 7.93. The lowest BCUT2D eigenvalue weighted by molar-refractivity contribution is -0.0686. The summed E-state index contributed by atoms with van der Waals surface area (Å²) in [5.41, 5.74) is 2.91. The fourth-order valence-electron chi connectivity index (χ4n) is 3.32. The van der Waals surface area contributed by atoms with Crippen molar-refractivity contribution in [2.24, 2.45) is 0 Å². The van der Waals surface area contributed by atoms with Gasteiger partial charge in [-0.2, -0.15) is 0 Å². The van der Waals surface area contributed by atoms with Crippen molar-refractivity contribution in [2.45, 2.75) is 37.8 Å². The first kappa shape index (κ1) is 14.1. The van der Waals surface area contributed by atoms with E-state index in [9.17, 15) is 0 Å². The van der Waals surface area contributed by atoms with Crippen LogP contribution in [0.4, 0.5) is 0 Å². The average Bonchev–Trinajstić information content (AvgIpc) is 3.32. The molecule has 0 bridgehead atoms. The van der Waals surface area contributed by atoms with Gasteiger partial charge in [-0.05, 0) is 43.5 Å². The minimum absolute atomic E-state index is 0.250. The highest BCUT2D eigenvalue weighted by molar-refractivity contribution is 5.30. The summed E-state index contributed by atoms with van der Waals surface area (Å²) in [5.74, 6) is 0.835. The molecule has 1 aromatic carbocycles. The monoisotopic (exact) mass is 274 g/mol. The minimum Gasteiger partial charge on any atom is -0.374 e. The molecule has 1 N–H and O–H groups in total. The molecule has 3 rings (SSSR count). The lowest BCUT2D eigenvalue weighted by Gasteiger charge is -2.41. The Morgan fingerprint density at radius 2 is 1.90 bits per heavy atom. The Bertz CT molecular complexity index is 425. The predicted molar refractivity (Wildman–Crippen MR) is 82.1 cm³/mol. The number of rotatable bonds is 5. The molecule has 3 nitrogen and oxygen atoms in total. The van der Waals surface area contributed by atoms with Crippen LogP contribution in [0, 0.1) is 0 Å². The van der Waals surface area contributed by atoms with Gasteiger partial charge in [-0.3, -0.25) is 4.90 Å². The van der Waals surface area contributed by atoms with Crippen molar-refractivity contribution in [3.8, 4) is 0 Å². The second-order valence-corrected chi connectivity index (χ2v) is 5.98. The van der Waals surface area contributed by atoms with Crippen molar-refractivity contribution in [1.29, 1.82) is 0 Å². The number of benzene rings is 1. The standard InChI is InChI=1S/C17H26N2O/c1-3-19-10-11-20-16(12-18-2)17(19)15-8-6-14(7-9-15)13-4-5-13/h6-9,13,16-18H,3-5,10-12H2,1-2H3. The van der Waals surface area contributed by atoms with Crippen molar-refractivity contribution in [2.75, 3.05) is 33.3 Å². The van der Waals surface area contributed by atoms with Crippen molar-refractivity contribution < 1.29 is 4.74 Å². The zero-order chi connectivity index (χ0) is 13.9. The fourth-order valence-corrected chi connectivity index (χ4v) is 3.32. The molecule has 1 aliphatic heterocycles. The zero-order valence-electron chi connectivity index (χ0n) is 12.6. The van der Waals surface area contributed by atoms with E-state index in [2.05, 4.69) is 41.4 Å². The lowest BCUT2D eigenvalue weighted by atomic mass is 9.96. The van der Waals surface area contributed by atoms with Gasteiger partial charge < -0.3 is 10.1 Å². The van der Waals surface area contributed by atoms with E-state index in [-0.39, 0.29) is 6.10 Å². The van der Waals surface area contributed by atoms with Gasteiger partial charge in [0.15, 0.2) is 0 Å². The van der Waals surface area contributed by atoms with Crippen LogP contribution >= 0.6 is 0 Å². The van der Waals surface area contributed by atoms with E-state index < -0.39 is 0 Å². The van der Waals surface area contributed by atoms with Crippen LogP contribution < -0.4 is 5.32 Å². The van der Waals surface area contributed by atoms with Crippen molar-refractivity contribution in [3.05, 3.63) is 35.4 Å². The molecule has 0 aromatic heterocycles. The third-order valence-corrected chi connectivity index (χ3v) is 4.59. The molecule has 2 unspecified atom stereocenters. The summed E-state index contributed by atoms with van der Waals surface area (Å²) in [5, 5.41) is 3.27. The quantitative estimate of drug-likeness (QED) is 0.893. The SMILES string of the molecule is CCN1CCOC(CNC)C1c1ccc(C2CC2)cc1. The number of morpholine rings is 1. The van der Waals surface area contributed by atoms with Crippen LogP contribution in [0.5, 0.6) is 0 Å². The molecular weight excluding hydrogens is 248 g/mol. The molecule has 3 heteroatoms. The molecule has 1 heterocycles. The summed E-state index contributed by atoms with van der Waals surface area (Å²) in [6.45, 7) is 6.11. The Balaban J connectivity index is 1.81. The van der Waals surface area contributed by atoms with Gasteiger partial charge >= 0.3 is 0 Å². The summed E-state index contributed by atoms with van der Waals surface area (Å²) in [4.78, 5) is 2.54. The summed E-state index contributed by atoms with van der Waals surface area (Å²) >= 11 is 0. The molecule has 2 fully saturated rings. The number of nitrogens with one attached hydrogen (secondary N) is 1. The number of nitrogens with zero attached hydrogens (tertiary/aromatic N) is 1. The molecule has 1 saturated carbocycles. The lowest BCUT2D eigenvalue weighted by Crippen LogP contribution is -2.48. The van der Waals surface area contributed by atoms with E-state index in [1.165, 1.54) is 24.0 Å². The van der Waals surface area contributed by atoms with Crippen LogP contribution in [0.3, 0.4) is 0 Å². The number of hydrogen-bond donors (Lipinski definition) is 1. The second kappa shape index (κ2) is 6.25. The number of likely N-dealkylation sites (N-methyl/N-ethyl adjacent to an activating group) is 2. The van der Waals surface area contributed by atoms with E-state index in [4.69, 9.17) is 4.74 Å². The Hall–Kier alpha value is -0.900. The summed E-state index contributed by atoms with van der Waals surface area (Å²) in [6, 6.07) is 9.67. The van der Waals surface area contributed by atoms with E-state index in [0.29, 0.717) is 6.04 Å². The largest absolute Gasteiger partial charge is 0.374 e. The van der Waals surface area contributed by atoms with Crippen molar-refractivity contribution >= 4 is 0 Å². The van der Waals surface area contributed by atoms with Crippen LogP contribution in [0.25, 0.3) is 0 Å². The third-order valence-electron chi connectivity index (χ3n) is 4.59. The zero-order valence-corrected chi connectivity index (χ0v) is 12.6. The van der Waals surface area contributed by atoms with Crippen LogP contribution in [-0.4, -0.2) is 44.3 Å². The van der Waals surface area contributed by atoms with E-state index >= 15 is 0 Å². The van der Waals surface area contributed by atoms with Gasteiger partial charge in [-0.15, -0.1) is 0 Å². The number of hydrogen-bond acceptors (Lipinski definition) is 3. The molecule has 1 aromatic rings. The molecule has 20 heavy (non-hydrogen) atoms. The number of ether oxygens (including phenoxy) is 1. The maximum absolute atomic E-state index is 6.00. The van der Waals surface area contributed by atoms with Crippen molar-refractivity contribution in [1.82, 2.24) is 10.2 Å². The third kappa shape index (κ3) is 2.90. The van der Waals surface area contributed by atoms with E-state index in [0.717, 1.165) is 32.2 Å². The Morgan fingerprint density at radius 1 is 1.20 bits per heavy atom. The molecule has 0 amide bonds. The fraction of sp³-hybridized carbons (Fsp3) is 0.647. The van der Waals surface area contributed by atoms with Gasteiger partial charge in [0.2, 0.25) is 0 Å². The Morgan fingerprint density at radius 3 is 2.50 bits per heavy atom. The molecule has 0 spiro atoms. The molecule has 2 atom stereocenters. The second-order valence-electron chi connectivity index (χ2n) is 5.98. The summed E-state index contributed by atoms with van der Waals surface area (Å²) in [6.07, 6.45) is 2.99. The highest BCUT2D eigenvalue weighted by atomic mass is 16.5. The van der Waals surface area contributed by atoms with Crippen LogP contribution in [0.15, 0.2) is 24.3 Å².